The van der Waals surface area contributed by atoms with Gasteiger partial charge < -0.3 is 15.0 Å². The van der Waals surface area contributed by atoms with Crippen molar-refractivity contribution >= 4 is 40.0 Å². The van der Waals surface area contributed by atoms with Crippen molar-refractivity contribution in [1.82, 2.24) is 14.9 Å². The molecule has 2 rings (SSSR count). The maximum Gasteiger partial charge on any atom is 0.240 e. The number of rotatable bonds is 9. The first kappa shape index (κ1) is 25.2. The first-order valence-electron chi connectivity index (χ1n) is 9.13. The average Bonchev–Trinajstić information content (AvgIpc) is 2.71. The summed E-state index contributed by atoms with van der Waals surface area (Å²) in [5.74, 6) is 1.54. The van der Waals surface area contributed by atoms with Crippen LogP contribution in [0.25, 0.3) is 0 Å². The van der Waals surface area contributed by atoms with Gasteiger partial charge in [0, 0.05) is 26.7 Å². The summed E-state index contributed by atoms with van der Waals surface area (Å²) < 4.78 is 32.2. The van der Waals surface area contributed by atoms with Gasteiger partial charge in [-0.25, -0.2) is 13.1 Å². The van der Waals surface area contributed by atoms with Crippen LogP contribution in [0.5, 0.6) is 5.75 Å². The summed E-state index contributed by atoms with van der Waals surface area (Å²) in [6, 6.07) is 16.2. The monoisotopic (exact) mass is 532 g/mol. The molecule has 0 bridgehead atoms. The van der Waals surface area contributed by atoms with Crippen molar-refractivity contribution in [2.45, 2.75) is 18.4 Å². The second kappa shape index (κ2) is 12.7. The highest BCUT2D eigenvalue weighted by Crippen LogP contribution is 2.12. The number of halogens is 1. The molecule has 2 aromatic rings. The van der Waals surface area contributed by atoms with E-state index in [0.29, 0.717) is 13.1 Å². The number of sulfonamides is 1. The van der Waals surface area contributed by atoms with Gasteiger partial charge in [0.25, 0.3) is 0 Å². The van der Waals surface area contributed by atoms with E-state index >= 15 is 0 Å². The Bertz CT molecular complexity index is 859. The van der Waals surface area contributed by atoms with Crippen LogP contribution in [0.4, 0.5) is 0 Å². The third-order valence-corrected chi connectivity index (χ3v) is 5.47. The van der Waals surface area contributed by atoms with Crippen molar-refractivity contribution in [1.29, 1.82) is 0 Å². The number of aliphatic imine (C=N–C) groups is 1. The molecule has 0 saturated carbocycles. The number of hydrogen-bond acceptors (Lipinski definition) is 4. The van der Waals surface area contributed by atoms with Gasteiger partial charge >= 0.3 is 0 Å². The minimum atomic E-state index is -3.51. The van der Waals surface area contributed by atoms with Gasteiger partial charge in [0.2, 0.25) is 10.0 Å². The van der Waals surface area contributed by atoms with E-state index in [1.807, 2.05) is 43.1 Å². The second-order valence-electron chi connectivity index (χ2n) is 6.15. The molecule has 2 aromatic carbocycles. The first-order valence-corrected chi connectivity index (χ1v) is 10.6. The molecule has 0 atom stereocenters. The molecule has 0 fully saturated rings. The number of guanidine groups is 1. The molecular formula is C20H29IN4O3S. The summed E-state index contributed by atoms with van der Waals surface area (Å²) in [7, 11) is 0.0752. The van der Waals surface area contributed by atoms with Crippen molar-refractivity contribution in [2.75, 3.05) is 33.8 Å². The van der Waals surface area contributed by atoms with E-state index in [9.17, 15) is 8.42 Å². The second-order valence-corrected chi connectivity index (χ2v) is 7.92. The molecule has 0 spiro atoms. The van der Waals surface area contributed by atoms with Crippen LogP contribution in [-0.2, 0) is 16.6 Å². The molecule has 9 heteroatoms. The highest BCUT2D eigenvalue weighted by Gasteiger charge is 2.12. The lowest BCUT2D eigenvalue weighted by Crippen LogP contribution is -2.39. The van der Waals surface area contributed by atoms with E-state index in [0.717, 1.165) is 23.8 Å². The summed E-state index contributed by atoms with van der Waals surface area (Å²) in [5.41, 5.74) is 1.12. The first-order chi connectivity index (χ1) is 13.5. The average molecular weight is 532 g/mol. The number of ether oxygens (including phenoxy) is 1. The fraction of sp³-hybridized carbons (Fsp3) is 0.350. The maximum atomic E-state index is 12.2. The molecule has 160 valence electrons. The van der Waals surface area contributed by atoms with Crippen molar-refractivity contribution < 1.29 is 13.2 Å². The molecule has 0 radical (unpaired) electrons. The van der Waals surface area contributed by atoms with Gasteiger partial charge in [0.15, 0.2) is 5.96 Å². The number of methoxy groups -OCH3 is 1. The van der Waals surface area contributed by atoms with Gasteiger partial charge in [0.05, 0.1) is 18.6 Å². The standard InChI is InChI=1S/C20H28N4O3S.HI/c1-4-21-20(24(2)16-17-10-12-18(27-3)13-11-17)22-14-15-23-28(25,26)19-8-6-5-7-9-19;/h5-13,23H,4,14-16H2,1-3H3,(H,21,22);1H. The van der Waals surface area contributed by atoms with Crippen LogP contribution in [-0.4, -0.2) is 53.1 Å². The Labute approximate surface area is 190 Å². The highest BCUT2D eigenvalue weighted by molar-refractivity contribution is 14.0. The van der Waals surface area contributed by atoms with Crippen LogP contribution >= 0.6 is 24.0 Å². The molecule has 0 heterocycles. The maximum absolute atomic E-state index is 12.2. The van der Waals surface area contributed by atoms with E-state index in [2.05, 4.69) is 15.0 Å². The van der Waals surface area contributed by atoms with Gasteiger partial charge in [-0.15, -0.1) is 24.0 Å². The molecule has 2 N–H and O–H groups in total. The van der Waals surface area contributed by atoms with Gasteiger partial charge in [0.1, 0.15) is 5.75 Å². The summed E-state index contributed by atoms with van der Waals surface area (Å²) in [6.07, 6.45) is 0. The summed E-state index contributed by atoms with van der Waals surface area (Å²) in [4.78, 5) is 6.77. The van der Waals surface area contributed by atoms with Crippen molar-refractivity contribution in [3.05, 3.63) is 60.2 Å². The van der Waals surface area contributed by atoms with Crippen molar-refractivity contribution in [3.63, 3.8) is 0 Å². The zero-order valence-electron chi connectivity index (χ0n) is 17.0. The lowest BCUT2D eigenvalue weighted by atomic mass is 10.2. The molecular weight excluding hydrogens is 503 g/mol. The lowest BCUT2D eigenvalue weighted by Gasteiger charge is -2.22. The van der Waals surface area contributed by atoms with E-state index in [1.165, 1.54) is 0 Å². The molecule has 0 aliphatic heterocycles. The van der Waals surface area contributed by atoms with Crippen LogP contribution in [0.15, 0.2) is 64.5 Å². The largest absolute Gasteiger partial charge is 0.497 e. The zero-order chi connectivity index (χ0) is 20.4. The van der Waals surface area contributed by atoms with Crippen LogP contribution in [0.3, 0.4) is 0 Å². The molecule has 0 amide bonds. The topological polar surface area (TPSA) is 83.0 Å². The Morgan fingerprint density at radius 2 is 1.76 bits per heavy atom. The molecule has 0 saturated heterocycles. The van der Waals surface area contributed by atoms with E-state index in [-0.39, 0.29) is 35.4 Å². The Kier molecular flexibility index (Phi) is 11.0. The Hall–Kier alpha value is -1.85. The summed E-state index contributed by atoms with van der Waals surface area (Å²) in [5, 5.41) is 3.23. The normalized spacial score (nSPS) is 11.5. The van der Waals surface area contributed by atoms with E-state index in [4.69, 9.17) is 4.74 Å². The fourth-order valence-corrected chi connectivity index (χ4v) is 3.62. The van der Waals surface area contributed by atoms with Crippen molar-refractivity contribution in [3.8, 4) is 5.75 Å². The van der Waals surface area contributed by atoms with Gasteiger partial charge in [-0.05, 0) is 36.8 Å². The summed E-state index contributed by atoms with van der Waals surface area (Å²) in [6.45, 7) is 3.95. The molecule has 0 unspecified atom stereocenters. The predicted octanol–water partition coefficient (Wildman–Crippen LogP) is 2.69. The van der Waals surface area contributed by atoms with Crippen LogP contribution in [0.1, 0.15) is 12.5 Å². The summed E-state index contributed by atoms with van der Waals surface area (Å²) >= 11 is 0. The molecule has 0 aromatic heterocycles. The predicted molar refractivity (Wildman–Crippen MR) is 127 cm³/mol. The minimum absolute atomic E-state index is 0. The number of nitrogens with one attached hydrogen (secondary N) is 2. The molecule has 0 aliphatic rings. The third-order valence-electron chi connectivity index (χ3n) is 3.99. The Morgan fingerprint density at radius 1 is 1.10 bits per heavy atom. The van der Waals surface area contributed by atoms with Gasteiger partial charge in [-0.1, -0.05) is 30.3 Å². The Balaban J connectivity index is 0.00000420. The van der Waals surface area contributed by atoms with Crippen molar-refractivity contribution in [2.24, 2.45) is 4.99 Å². The van der Waals surface area contributed by atoms with Crippen LogP contribution in [0, 0.1) is 0 Å². The fourth-order valence-electron chi connectivity index (χ4n) is 2.57. The SMILES string of the molecule is CCNC(=NCCNS(=O)(=O)c1ccccc1)N(C)Cc1ccc(OC)cc1.I. The van der Waals surface area contributed by atoms with Gasteiger partial charge in [-0.3, -0.25) is 4.99 Å². The lowest BCUT2D eigenvalue weighted by molar-refractivity contribution is 0.414. The number of hydrogen-bond donors (Lipinski definition) is 2. The highest BCUT2D eigenvalue weighted by atomic mass is 127. The van der Waals surface area contributed by atoms with E-state index in [1.54, 1.807) is 37.4 Å². The molecule has 0 aliphatic carbocycles. The minimum Gasteiger partial charge on any atom is -0.497 e. The van der Waals surface area contributed by atoms with Gasteiger partial charge in [-0.2, -0.15) is 0 Å². The Morgan fingerprint density at radius 3 is 2.34 bits per heavy atom. The quantitative estimate of drug-likeness (QED) is 0.225. The molecule has 7 nitrogen and oxygen atoms in total. The number of nitrogens with zero attached hydrogens (tertiary/aromatic N) is 2. The van der Waals surface area contributed by atoms with E-state index < -0.39 is 10.0 Å². The van der Waals surface area contributed by atoms with Crippen LogP contribution < -0.4 is 14.8 Å². The van der Waals surface area contributed by atoms with Crippen LogP contribution in [0.2, 0.25) is 0 Å². The third kappa shape index (κ3) is 8.19. The smallest absolute Gasteiger partial charge is 0.240 e. The number of benzene rings is 2. The molecule has 29 heavy (non-hydrogen) atoms. The zero-order valence-corrected chi connectivity index (χ0v) is 20.1.